The number of hydrogen-bond donors (Lipinski definition) is 1. The molecule has 0 spiro atoms. The van der Waals surface area contributed by atoms with Crippen LogP contribution >= 0.6 is 23.4 Å². The first-order chi connectivity index (χ1) is 7.74. The van der Waals surface area contributed by atoms with Crippen molar-refractivity contribution in [1.29, 1.82) is 0 Å². The van der Waals surface area contributed by atoms with E-state index in [4.69, 9.17) is 17.3 Å². The molecule has 2 N–H and O–H groups in total. The van der Waals surface area contributed by atoms with Gasteiger partial charge in [-0.05, 0) is 19.1 Å². The molecule has 0 saturated carbocycles. The lowest BCUT2D eigenvalue weighted by atomic mass is 10.1. The van der Waals surface area contributed by atoms with Gasteiger partial charge in [-0.25, -0.2) is 0 Å². The minimum atomic E-state index is 0.505. The number of anilines is 1. The third kappa shape index (κ3) is 2.31. The van der Waals surface area contributed by atoms with Crippen molar-refractivity contribution in [3.63, 3.8) is 0 Å². The molecular weight excluding hydrogens is 240 g/mol. The summed E-state index contributed by atoms with van der Waals surface area (Å²) in [6.07, 6.45) is 0. The SMILES string of the molecule is CC1CSCCN1c1cccc(Cl)c1CN. The van der Waals surface area contributed by atoms with Crippen molar-refractivity contribution in [2.45, 2.75) is 19.5 Å². The Morgan fingerprint density at radius 2 is 2.38 bits per heavy atom. The molecule has 1 atom stereocenters. The first-order valence-corrected chi connectivity index (χ1v) is 7.09. The molecular formula is C12H17ClN2S. The highest BCUT2D eigenvalue weighted by atomic mass is 35.5. The van der Waals surface area contributed by atoms with E-state index in [0.29, 0.717) is 12.6 Å². The highest BCUT2D eigenvalue weighted by Gasteiger charge is 2.21. The van der Waals surface area contributed by atoms with Crippen LogP contribution in [-0.4, -0.2) is 24.1 Å². The molecule has 1 fully saturated rings. The quantitative estimate of drug-likeness (QED) is 0.882. The molecule has 0 amide bonds. The van der Waals surface area contributed by atoms with E-state index in [1.54, 1.807) is 0 Å². The van der Waals surface area contributed by atoms with E-state index < -0.39 is 0 Å². The highest BCUT2D eigenvalue weighted by Crippen LogP contribution is 2.31. The van der Waals surface area contributed by atoms with Crippen molar-refractivity contribution >= 4 is 29.1 Å². The Bertz CT molecular complexity index is 370. The van der Waals surface area contributed by atoms with Gasteiger partial charge in [0.2, 0.25) is 0 Å². The molecule has 2 nitrogen and oxygen atoms in total. The third-order valence-corrected chi connectivity index (χ3v) is 4.52. The molecule has 4 heteroatoms. The molecule has 1 aliphatic heterocycles. The van der Waals surface area contributed by atoms with E-state index in [0.717, 1.165) is 17.1 Å². The summed E-state index contributed by atoms with van der Waals surface area (Å²) < 4.78 is 0. The smallest absolute Gasteiger partial charge is 0.0471 e. The molecule has 0 radical (unpaired) electrons. The number of nitrogens with two attached hydrogens (primary N) is 1. The summed E-state index contributed by atoms with van der Waals surface area (Å²) in [5.74, 6) is 2.36. The second-order valence-corrected chi connectivity index (χ2v) is 5.62. The maximum Gasteiger partial charge on any atom is 0.0471 e. The van der Waals surface area contributed by atoms with Gasteiger partial charge in [-0.1, -0.05) is 17.7 Å². The summed E-state index contributed by atoms with van der Waals surface area (Å²) in [5.41, 5.74) is 8.07. The monoisotopic (exact) mass is 256 g/mol. The topological polar surface area (TPSA) is 29.3 Å². The average molecular weight is 257 g/mol. The fraction of sp³-hybridized carbons (Fsp3) is 0.500. The Morgan fingerprint density at radius 1 is 1.56 bits per heavy atom. The van der Waals surface area contributed by atoms with E-state index in [1.807, 2.05) is 23.9 Å². The third-order valence-electron chi connectivity index (χ3n) is 2.98. The molecule has 1 saturated heterocycles. The molecule has 1 aromatic rings. The first kappa shape index (κ1) is 12.1. The van der Waals surface area contributed by atoms with Gasteiger partial charge in [-0.2, -0.15) is 11.8 Å². The summed E-state index contributed by atoms with van der Waals surface area (Å²) in [6.45, 7) is 3.85. The van der Waals surface area contributed by atoms with Crippen LogP contribution in [0.2, 0.25) is 5.02 Å². The molecule has 1 unspecified atom stereocenters. The lowest BCUT2D eigenvalue weighted by molar-refractivity contribution is 0.696. The Morgan fingerprint density at radius 3 is 3.06 bits per heavy atom. The Kier molecular flexibility index (Phi) is 4.00. The van der Waals surface area contributed by atoms with Gasteiger partial charge in [0, 0.05) is 46.9 Å². The normalized spacial score (nSPS) is 21.2. The molecule has 2 rings (SSSR count). The van der Waals surface area contributed by atoms with Crippen LogP contribution in [0.25, 0.3) is 0 Å². The van der Waals surface area contributed by atoms with Gasteiger partial charge >= 0.3 is 0 Å². The van der Waals surface area contributed by atoms with Crippen LogP contribution in [0.5, 0.6) is 0 Å². The predicted octanol–water partition coefficient (Wildman–Crippen LogP) is 2.74. The molecule has 1 aliphatic rings. The van der Waals surface area contributed by atoms with Crippen molar-refractivity contribution in [2.24, 2.45) is 5.73 Å². The van der Waals surface area contributed by atoms with Gasteiger partial charge in [0.25, 0.3) is 0 Å². The Hall–Kier alpha value is -0.380. The summed E-state index contributed by atoms with van der Waals surface area (Å²) in [6, 6.07) is 6.60. The summed E-state index contributed by atoms with van der Waals surface area (Å²) >= 11 is 8.20. The maximum absolute atomic E-state index is 6.18. The minimum Gasteiger partial charge on any atom is -0.367 e. The van der Waals surface area contributed by atoms with Crippen LogP contribution in [0.3, 0.4) is 0 Å². The zero-order chi connectivity index (χ0) is 11.5. The van der Waals surface area contributed by atoms with E-state index in [9.17, 15) is 0 Å². The Balaban J connectivity index is 2.34. The van der Waals surface area contributed by atoms with Crippen LogP contribution in [0.15, 0.2) is 18.2 Å². The van der Waals surface area contributed by atoms with Crippen molar-refractivity contribution < 1.29 is 0 Å². The molecule has 1 aromatic carbocycles. The molecule has 1 heterocycles. The lowest BCUT2D eigenvalue weighted by Crippen LogP contribution is -2.41. The van der Waals surface area contributed by atoms with Gasteiger partial charge in [0.05, 0.1) is 0 Å². The van der Waals surface area contributed by atoms with E-state index in [2.05, 4.69) is 17.9 Å². The van der Waals surface area contributed by atoms with E-state index in [-0.39, 0.29) is 0 Å². The average Bonchev–Trinajstić information content (AvgIpc) is 2.29. The fourth-order valence-corrected chi connectivity index (χ4v) is 3.36. The molecule has 0 aromatic heterocycles. The lowest BCUT2D eigenvalue weighted by Gasteiger charge is -2.36. The van der Waals surface area contributed by atoms with E-state index in [1.165, 1.54) is 17.2 Å². The van der Waals surface area contributed by atoms with Gasteiger partial charge in [-0.3, -0.25) is 0 Å². The van der Waals surface area contributed by atoms with Crippen molar-refractivity contribution in [2.75, 3.05) is 23.0 Å². The zero-order valence-corrected chi connectivity index (χ0v) is 11.0. The standard InChI is InChI=1S/C12H17ClN2S/c1-9-8-16-6-5-15(9)12-4-2-3-11(13)10(12)7-14/h2-4,9H,5-8,14H2,1H3. The maximum atomic E-state index is 6.18. The number of nitrogens with zero attached hydrogens (tertiary/aromatic N) is 1. The van der Waals surface area contributed by atoms with Crippen LogP contribution in [0.1, 0.15) is 12.5 Å². The van der Waals surface area contributed by atoms with Gasteiger partial charge in [-0.15, -0.1) is 0 Å². The van der Waals surface area contributed by atoms with Crippen molar-refractivity contribution in [1.82, 2.24) is 0 Å². The van der Waals surface area contributed by atoms with Crippen LogP contribution < -0.4 is 10.6 Å². The largest absolute Gasteiger partial charge is 0.367 e. The predicted molar refractivity (Wildman–Crippen MR) is 73.5 cm³/mol. The Labute approximate surface area is 106 Å². The van der Waals surface area contributed by atoms with E-state index >= 15 is 0 Å². The van der Waals surface area contributed by atoms with Gasteiger partial charge in [0.1, 0.15) is 0 Å². The minimum absolute atomic E-state index is 0.505. The summed E-state index contributed by atoms with van der Waals surface area (Å²) in [7, 11) is 0. The number of rotatable bonds is 2. The van der Waals surface area contributed by atoms with Crippen LogP contribution in [0, 0.1) is 0 Å². The first-order valence-electron chi connectivity index (χ1n) is 5.56. The number of halogens is 1. The van der Waals surface area contributed by atoms with Crippen molar-refractivity contribution in [3.8, 4) is 0 Å². The molecule has 0 bridgehead atoms. The van der Waals surface area contributed by atoms with Crippen LogP contribution in [0.4, 0.5) is 5.69 Å². The zero-order valence-electron chi connectivity index (χ0n) is 9.45. The highest BCUT2D eigenvalue weighted by molar-refractivity contribution is 7.99. The van der Waals surface area contributed by atoms with Crippen LogP contribution in [-0.2, 0) is 6.54 Å². The molecule has 88 valence electrons. The number of hydrogen-bond acceptors (Lipinski definition) is 3. The fourth-order valence-electron chi connectivity index (χ4n) is 2.10. The van der Waals surface area contributed by atoms with Gasteiger partial charge in [0.15, 0.2) is 0 Å². The summed E-state index contributed by atoms with van der Waals surface area (Å²) in [4.78, 5) is 2.42. The second kappa shape index (κ2) is 5.30. The second-order valence-electron chi connectivity index (χ2n) is 4.06. The van der Waals surface area contributed by atoms with Crippen molar-refractivity contribution in [3.05, 3.63) is 28.8 Å². The summed E-state index contributed by atoms with van der Waals surface area (Å²) in [5, 5.41) is 0.783. The number of benzene rings is 1. The van der Waals surface area contributed by atoms with Gasteiger partial charge < -0.3 is 10.6 Å². The molecule has 16 heavy (non-hydrogen) atoms. The number of thioether (sulfide) groups is 1. The molecule has 0 aliphatic carbocycles.